The van der Waals surface area contributed by atoms with Gasteiger partial charge in [-0.15, -0.1) is 0 Å². The summed E-state index contributed by atoms with van der Waals surface area (Å²) in [5, 5.41) is 0. The fourth-order valence-corrected chi connectivity index (χ4v) is 5.26. The third-order valence-electron chi connectivity index (χ3n) is 7.21. The summed E-state index contributed by atoms with van der Waals surface area (Å²) in [4.78, 5) is 9.24. The third-order valence-corrected chi connectivity index (χ3v) is 7.21. The quantitative estimate of drug-likeness (QED) is 0.336. The Morgan fingerprint density at radius 1 is 0.719 bits per heavy atom. The van der Waals surface area contributed by atoms with Gasteiger partial charge < -0.3 is 0 Å². The lowest BCUT2D eigenvalue weighted by Gasteiger charge is -2.24. The first-order valence-corrected chi connectivity index (χ1v) is 11.6. The Hall–Kier alpha value is -3.26. The highest BCUT2D eigenvalue weighted by molar-refractivity contribution is 5.81. The van der Waals surface area contributed by atoms with Crippen LogP contribution in [0, 0.1) is 0 Å². The van der Waals surface area contributed by atoms with Crippen molar-refractivity contribution in [3.63, 3.8) is 0 Å². The highest BCUT2D eigenvalue weighted by Crippen LogP contribution is 2.50. The Bertz CT molecular complexity index is 1240. The molecule has 1 aliphatic rings. The van der Waals surface area contributed by atoms with Crippen LogP contribution in [0.15, 0.2) is 85.2 Å². The molecule has 2 aromatic heterocycles. The van der Waals surface area contributed by atoms with Crippen LogP contribution in [0.5, 0.6) is 0 Å². The topological polar surface area (TPSA) is 25.8 Å². The Kier molecular flexibility index (Phi) is 5.17. The van der Waals surface area contributed by atoms with Crippen molar-refractivity contribution in [2.24, 2.45) is 0 Å². The molecular weight excluding hydrogens is 388 g/mol. The zero-order valence-corrected chi connectivity index (χ0v) is 19.3. The van der Waals surface area contributed by atoms with Gasteiger partial charge in [-0.2, -0.15) is 0 Å². The maximum atomic E-state index is 4.65. The molecule has 0 saturated carbocycles. The first-order valence-electron chi connectivity index (χ1n) is 11.6. The van der Waals surface area contributed by atoms with Crippen LogP contribution in [0.1, 0.15) is 79.6 Å². The molecule has 2 aromatic carbocycles. The normalized spacial score (nSPS) is 15.6. The molecule has 0 radical (unpaired) electrons. The van der Waals surface area contributed by atoms with E-state index in [0.717, 1.165) is 17.8 Å². The van der Waals surface area contributed by atoms with E-state index in [1.165, 1.54) is 33.4 Å². The molecule has 2 unspecified atom stereocenters. The van der Waals surface area contributed by atoms with Crippen molar-refractivity contribution >= 4 is 0 Å². The van der Waals surface area contributed by atoms with Gasteiger partial charge in [0, 0.05) is 41.0 Å². The molecule has 2 atom stereocenters. The van der Waals surface area contributed by atoms with Gasteiger partial charge in [0.05, 0.1) is 0 Å². The van der Waals surface area contributed by atoms with Crippen LogP contribution in [0.3, 0.4) is 0 Å². The van der Waals surface area contributed by atoms with Crippen LogP contribution in [0.4, 0.5) is 0 Å². The minimum atomic E-state index is -0.0388. The number of rotatable bonds is 5. The first-order chi connectivity index (χ1) is 15.5. The molecule has 0 amide bonds. The van der Waals surface area contributed by atoms with Gasteiger partial charge in [0.2, 0.25) is 0 Å². The number of benzene rings is 2. The molecule has 0 N–H and O–H groups in total. The second kappa shape index (κ2) is 8.02. The van der Waals surface area contributed by atoms with E-state index in [2.05, 4.69) is 98.3 Å². The smallest absolute Gasteiger partial charge is 0.0478 e. The Balaban J connectivity index is 1.55. The molecule has 2 heteroatoms. The molecule has 1 aliphatic carbocycles. The largest absolute Gasteiger partial charge is 0.261 e. The van der Waals surface area contributed by atoms with Crippen molar-refractivity contribution in [2.75, 3.05) is 0 Å². The van der Waals surface area contributed by atoms with Gasteiger partial charge in [-0.25, -0.2) is 0 Å². The SMILES string of the molecule is CCC(c1ccc2c(c1)C(C)(C)c1cc(C(C)c3ccccn3)ccc1-2)c1ccccn1. The summed E-state index contributed by atoms with van der Waals surface area (Å²) < 4.78 is 0. The van der Waals surface area contributed by atoms with Crippen molar-refractivity contribution in [1.29, 1.82) is 0 Å². The molecule has 2 heterocycles. The highest BCUT2D eigenvalue weighted by atomic mass is 14.7. The average Bonchev–Trinajstić information content (AvgIpc) is 3.06. The average molecular weight is 419 g/mol. The lowest BCUT2D eigenvalue weighted by Crippen LogP contribution is -2.16. The molecule has 160 valence electrons. The van der Waals surface area contributed by atoms with Gasteiger partial charge in [-0.3, -0.25) is 9.97 Å². The summed E-state index contributed by atoms with van der Waals surface area (Å²) in [6.45, 7) is 9.21. The molecule has 4 aromatic rings. The second-order valence-electron chi connectivity index (χ2n) is 9.43. The molecule has 0 saturated heterocycles. The molecule has 0 fully saturated rings. The van der Waals surface area contributed by atoms with Crippen LogP contribution in [-0.2, 0) is 5.41 Å². The predicted molar refractivity (Wildman–Crippen MR) is 132 cm³/mol. The van der Waals surface area contributed by atoms with Crippen LogP contribution in [0.25, 0.3) is 11.1 Å². The highest BCUT2D eigenvalue weighted by Gasteiger charge is 2.36. The van der Waals surface area contributed by atoms with E-state index < -0.39 is 0 Å². The number of aromatic nitrogens is 2. The van der Waals surface area contributed by atoms with E-state index in [1.807, 2.05) is 24.5 Å². The molecule has 5 rings (SSSR count). The fourth-order valence-electron chi connectivity index (χ4n) is 5.26. The number of fused-ring (bicyclic) bond motifs is 3. The zero-order chi connectivity index (χ0) is 22.3. The van der Waals surface area contributed by atoms with Crippen molar-refractivity contribution in [2.45, 2.75) is 51.4 Å². The summed E-state index contributed by atoms with van der Waals surface area (Å²) >= 11 is 0. The molecule has 0 bridgehead atoms. The summed E-state index contributed by atoms with van der Waals surface area (Å²) in [6, 6.07) is 26.4. The van der Waals surface area contributed by atoms with E-state index in [0.29, 0.717) is 5.92 Å². The molecular formula is C30H30N2. The fraction of sp³-hybridized carbons (Fsp3) is 0.267. The van der Waals surface area contributed by atoms with Gasteiger partial charge in [-0.05, 0) is 64.1 Å². The maximum Gasteiger partial charge on any atom is 0.0478 e. The number of pyridine rings is 2. The van der Waals surface area contributed by atoms with Crippen LogP contribution < -0.4 is 0 Å². The van der Waals surface area contributed by atoms with E-state index in [4.69, 9.17) is 0 Å². The first kappa shape index (κ1) is 20.6. The van der Waals surface area contributed by atoms with Crippen LogP contribution in [-0.4, -0.2) is 9.97 Å². The van der Waals surface area contributed by atoms with Gasteiger partial charge in [0.25, 0.3) is 0 Å². The van der Waals surface area contributed by atoms with E-state index >= 15 is 0 Å². The van der Waals surface area contributed by atoms with E-state index in [-0.39, 0.29) is 11.3 Å². The lowest BCUT2D eigenvalue weighted by molar-refractivity contribution is 0.654. The predicted octanol–water partition coefficient (Wildman–Crippen LogP) is 7.48. The zero-order valence-electron chi connectivity index (χ0n) is 19.3. The number of hydrogen-bond donors (Lipinski definition) is 0. The van der Waals surface area contributed by atoms with Gasteiger partial charge in [0.1, 0.15) is 0 Å². The Labute approximate surface area is 191 Å². The molecule has 0 aliphatic heterocycles. The standard InChI is InChI=1S/C30H30N2/c1-5-23(29-11-7-9-17-32-29)22-13-15-25-24-14-12-21(20(2)28-10-6-8-16-31-28)18-26(24)30(3,4)27(25)19-22/h6-20,23H,5H2,1-4H3. The van der Waals surface area contributed by atoms with Crippen molar-refractivity contribution in [3.05, 3.63) is 119 Å². The minimum Gasteiger partial charge on any atom is -0.261 e. The second-order valence-corrected chi connectivity index (χ2v) is 9.43. The van der Waals surface area contributed by atoms with Crippen molar-refractivity contribution < 1.29 is 0 Å². The Morgan fingerprint density at radius 3 is 1.84 bits per heavy atom. The van der Waals surface area contributed by atoms with Gasteiger partial charge in [0.15, 0.2) is 0 Å². The monoisotopic (exact) mass is 418 g/mol. The van der Waals surface area contributed by atoms with E-state index in [9.17, 15) is 0 Å². The van der Waals surface area contributed by atoms with Crippen molar-refractivity contribution in [1.82, 2.24) is 9.97 Å². The maximum absolute atomic E-state index is 4.65. The summed E-state index contributed by atoms with van der Waals surface area (Å²) in [6.07, 6.45) is 4.82. The molecule has 2 nitrogen and oxygen atoms in total. The van der Waals surface area contributed by atoms with Crippen molar-refractivity contribution in [3.8, 4) is 11.1 Å². The third kappa shape index (κ3) is 3.35. The van der Waals surface area contributed by atoms with Gasteiger partial charge in [-0.1, -0.05) is 76.2 Å². The molecule has 32 heavy (non-hydrogen) atoms. The van der Waals surface area contributed by atoms with Gasteiger partial charge >= 0.3 is 0 Å². The number of hydrogen-bond acceptors (Lipinski definition) is 2. The molecule has 0 spiro atoms. The summed E-state index contributed by atoms with van der Waals surface area (Å²) in [5.41, 5.74) is 10.5. The van der Waals surface area contributed by atoms with E-state index in [1.54, 1.807) is 0 Å². The summed E-state index contributed by atoms with van der Waals surface area (Å²) in [7, 11) is 0. The number of nitrogens with zero attached hydrogens (tertiary/aromatic N) is 2. The summed E-state index contributed by atoms with van der Waals surface area (Å²) in [5.74, 6) is 0.589. The van der Waals surface area contributed by atoms with Crippen LogP contribution >= 0.6 is 0 Å². The lowest BCUT2D eigenvalue weighted by atomic mass is 9.79. The minimum absolute atomic E-state index is 0.0388. The Morgan fingerprint density at radius 2 is 1.28 bits per heavy atom. The van der Waals surface area contributed by atoms with Crippen LogP contribution in [0.2, 0.25) is 0 Å².